The summed E-state index contributed by atoms with van der Waals surface area (Å²) in [4.78, 5) is 0. The van der Waals surface area contributed by atoms with Gasteiger partial charge in [0.1, 0.15) is 0 Å². The topological polar surface area (TPSA) is 180 Å². The molecule has 0 heterocycles. The zero-order valence-electron chi connectivity index (χ0n) is 4.71. The van der Waals surface area contributed by atoms with E-state index in [2.05, 4.69) is 0 Å². The molecule has 6 nitrogen and oxygen atoms in total. The third-order valence-electron chi connectivity index (χ3n) is 0. The first-order valence-corrected chi connectivity index (χ1v) is 0. The summed E-state index contributed by atoms with van der Waals surface area (Å²) >= 11 is 0. The molecule has 0 aromatic rings. The Bertz CT molecular complexity index is 15.8. The largest absolute Gasteiger partial charge is 2.00 e. The van der Waals surface area contributed by atoms with Crippen molar-refractivity contribution in [2.24, 2.45) is 0 Å². The predicted molar refractivity (Wildman–Crippen MR) is 23.1 cm³/mol. The van der Waals surface area contributed by atoms with Gasteiger partial charge in [0.05, 0.1) is 0 Å². The Morgan fingerprint density at radius 2 is 0.273 bits per heavy atom. The van der Waals surface area contributed by atoms with E-state index in [9.17, 15) is 0 Å². The molecule has 11 heavy (non-hydrogen) atoms. The summed E-state index contributed by atoms with van der Waals surface area (Å²) in [6.45, 7) is 0. The van der Waals surface area contributed by atoms with Crippen molar-refractivity contribution in [1.82, 2.24) is 0 Å². The van der Waals surface area contributed by atoms with E-state index in [-0.39, 0.29) is 133 Å². The van der Waals surface area contributed by atoms with E-state index in [1.807, 2.05) is 0 Å². The van der Waals surface area contributed by atoms with Gasteiger partial charge in [0.2, 0.25) is 0 Å². The normalized spacial score (nSPS) is 0. The Balaban J connectivity index is 0. The molecular formula is H6Mn3O6Sb2. The van der Waals surface area contributed by atoms with E-state index in [0.29, 0.717) is 0 Å². The van der Waals surface area contributed by atoms with Crippen LogP contribution in [0.25, 0.3) is 0 Å². The molecular weight excluding hydrogens is 504 g/mol. The van der Waals surface area contributed by atoms with Crippen LogP contribution >= 0.6 is 0 Å². The molecule has 0 atom stereocenters. The standard InChI is InChI=1S/3Mn.6H2O.2Sb/h;;;6*1H2;;/q3*+2;;;;;;;;/p-6. The first kappa shape index (κ1) is 268. The van der Waals surface area contributed by atoms with Crippen LogP contribution in [0.15, 0.2) is 0 Å². The second kappa shape index (κ2) is 212. The van der Waals surface area contributed by atoms with Crippen LogP contribution in [0.3, 0.4) is 0 Å². The fourth-order valence-electron chi connectivity index (χ4n) is 0. The zero-order valence-corrected chi connectivity index (χ0v) is 13.4. The molecule has 9 radical (unpaired) electrons. The molecule has 0 fully saturated rings. The molecule has 73 valence electrons. The van der Waals surface area contributed by atoms with Gasteiger partial charge in [0.25, 0.3) is 0 Å². The second-order valence-electron chi connectivity index (χ2n) is 0. The van der Waals surface area contributed by atoms with E-state index in [0.717, 1.165) is 0 Å². The van der Waals surface area contributed by atoms with Crippen molar-refractivity contribution in [2.45, 2.75) is 0 Å². The van der Waals surface area contributed by atoms with Gasteiger partial charge in [-0.1, -0.05) is 0 Å². The molecule has 0 amide bonds. The smallest absolute Gasteiger partial charge is 0.870 e. The van der Waals surface area contributed by atoms with Gasteiger partial charge in [-0.2, -0.15) is 0 Å². The minimum atomic E-state index is 0. The summed E-state index contributed by atoms with van der Waals surface area (Å²) in [5, 5.41) is 0. The Morgan fingerprint density at radius 1 is 0.273 bits per heavy atom. The van der Waals surface area contributed by atoms with Crippen LogP contribution in [0.1, 0.15) is 0 Å². The molecule has 0 bridgehead atoms. The molecule has 0 aliphatic rings. The van der Waals surface area contributed by atoms with Gasteiger partial charge >= 0.3 is 51.2 Å². The molecule has 11 heteroatoms. The Hall–Kier alpha value is 2.95. The maximum Gasteiger partial charge on any atom is 2.00 e. The fraction of sp³-hybridized carbons (Fsp3) is 0. The summed E-state index contributed by atoms with van der Waals surface area (Å²) in [7, 11) is 0. The van der Waals surface area contributed by atoms with Crippen molar-refractivity contribution >= 4 is 48.9 Å². The van der Waals surface area contributed by atoms with Crippen LogP contribution in [-0.2, 0) is 51.2 Å². The quantitative estimate of drug-likeness (QED) is 0.346. The maximum atomic E-state index is 0. The Morgan fingerprint density at radius 3 is 0.273 bits per heavy atom. The molecule has 0 aromatic heterocycles. The van der Waals surface area contributed by atoms with Crippen LogP contribution in [0.2, 0.25) is 0 Å². The molecule has 0 unspecified atom stereocenters. The van der Waals surface area contributed by atoms with Crippen molar-refractivity contribution in [3.05, 3.63) is 0 Å². The number of rotatable bonds is 0. The van der Waals surface area contributed by atoms with Gasteiger partial charge < -0.3 is 32.9 Å². The average Bonchev–Trinajstić information content (AvgIpc) is 0. The van der Waals surface area contributed by atoms with Crippen LogP contribution in [0.4, 0.5) is 0 Å². The summed E-state index contributed by atoms with van der Waals surface area (Å²) < 4.78 is 0. The van der Waals surface area contributed by atoms with Gasteiger partial charge in [0.15, 0.2) is 0 Å². The van der Waals surface area contributed by atoms with E-state index in [4.69, 9.17) is 0 Å². The van der Waals surface area contributed by atoms with Gasteiger partial charge in [-0.3, -0.25) is 0 Å². The van der Waals surface area contributed by atoms with Crippen molar-refractivity contribution in [1.29, 1.82) is 0 Å². The van der Waals surface area contributed by atoms with Crippen LogP contribution < -0.4 is 0 Å². The molecule has 0 saturated heterocycles. The summed E-state index contributed by atoms with van der Waals surface area (Å²) in [5.41, 5.74) is 0. The fourth-order valence-corrected chi connectivity index (χ4v) is 0. The van der Waals surface area contributed by atoms with E-state index in [1.54, 1.807) is 0 Å². The third kappa shape index (κ3) is 178. The molecule has 0 aliphatic carbocycles. The molecule has 0 rings (SSSR count). The third-order valence-corrected chi connectivity index (χ3v) is 0. The first-order valence-electron chi connectivity index (χ1n) is 0. The van der Waals surface area contributed by atoms with Crippen molar-refractivity contribution in [2.75, 3.05) is 0 Å². The van der Waals surface area contributed by atoms with Crippen LogP contribution in [0, 0.1) is 0 Å². The minimum absolute atomic E-state index is 0. The Labute approximate surface area is 131 Å². The van der Waals surface area contributed by atoms with Crippen molar-refractivity contribution < 1.29 is 84.1 Å². The van der Waals surface area contributed by atoms with Crippen LogP contribution in [-0.4, -0.2) is 81.7 Å². The van der Waals surface area contributed by atoms with Gasteiger partial charge in [0, 0.05) is 48.9 Å². The number of hydrogen-bond acceptors (Lipinski definition) is 6. The van der Waals surface area contributed by atoms with Crippen LogP contribution in [0.5, 0.6) is 0 Å². The van der Waals surface area contributed by atoms with Crippen molar-refractivity contribution in [3.8, 4) is 0 Å². The van der Waals surface area contributed by atoms with E-state index < -0.39 is 0 Å². The summed E-state index contributed by atoms with van der Waals surface area (Å²) in [6.07, 6.45) is 0. The molecule has 0 aromatic carbocycles. The SMILES string of the molecule is [Mn+2].[Mn+2].[Mn+2].[OH-].[OH-].[OH-].[OH-].[OH-].[OH-].[Sb].[Sb]. The average molecular weight is 510 g/mol. The van der Waals surface area contributed by atoms with Gasteiger partial charge in [-0.05, 0) is 0 Å². The molecule has 0 aliphatic heterocycles. The summed E-state index contributed by atoms with van der Waals surface area (Å²) in [5.74, 6) is 0. The molecule has 6 N–H and O–H groups in total. The minimum Gasteiger partial charge on any atom is -0.870 e. The predicted octanol–water partition coefficient (Wildman–Crippen LogP) is -1.83. The maximum absolute atomic E-state index is 0. The number of hydrogen-bond donors (Lipinski definition) is 0. The first-order chi connectivity index (χ1) is 0. The van der Waals surface area contributed by atoms with E-state index in [1.165, 1.54) is 0 Å². The second-order valence-corrected chi connectivity index (χ2v) is 0. The van der Waals surface area contributed by atoms with E-state index >= 15 is 0 Å². The summed E-state index contributed by atoms with van der Waals surface area (Å²) in [6, 6.07) is 0. The Kier molecular flexibility index (Phi) is 5170. The van der Waals surface area contributed by atoms with Crippen molar-refractivity contribution in [3.63, 3.8) is 0 Å². The monoisotopic (exact) mass is 509 g/mol. The zero-order chi connectivity index (χ0) is 0. The molecule has 0 saturated carbocycles. The van der Waals surface area contributed by atoms with Gasteiger partial charge in [-0.15, -0.1) is 0 Å². The van der Waals surface area contributed by atoms with Gasteiger partial charge in [-0.25, -0.2) is 0 Å². The molecule has 0 spiro atoms.